The van der Waals surface area contributed by atoms with Crippen LogP contribution in [-0.4, -0.2) is 37.3 Å². The van der Waals surface area contributed by atoms with E-state index < -0.39 is 12.7 Å². The Morgan fingerprint density at radius 3 is 1.91 bits per heavy atom. The average Bonchev–Trinajstić information content (AvgIpc) is 3.11. The molecule has 0 bridgehead atoms. The Kier molecular flexibility index (Phi) is 6.26. The summed E-state index contributed by atoms with van der Waals surface area (Å²) < 4.78 is 82.1. The lowest BCUT2D eigenvalue weighted by molar-refractivity contribution is -0.275. The number of likely N-dealkylation sites (tertiary alicyclic amines) is 1. The third-order valence-corrected chi connectivity index (χ3v) is 5.83. The van der Waals surface area contributed by atoms with Crippen LogP contribution >= 0.6 is 0 Å². The van der Waals surface area contributed by atoms with Gasteiger partial charge >= 0.3 is 12.7 Å². The number of piperidine rings is 1. The molecule has 1 N–H and O–H groups in total. The highest BCUT2D eigenvalue weighted by Gasteiger charge is 2.54. The Balaban J connectivity index is 1.19. The Morgan fingerprint density at radius 2 is 1.34 bits per heavy atom. The van der Waals surface area contributed by atoms with Crippen molar-refractivity contribution in [1.82, 2.24) is 10.2 Å². The molecule has 0 amide bonds. The van der Waals surface area contributed by atoms with Crippen molar-refractivity contribution in [3.05, 3.63) is 59.7 Å². The number of nitrogens with zero attached hydrogens (tertiary/aromatic N) is 1. The van der Waals surface area contributed by atoms with Gasteiger partial charge in [0.1, 0.15) is 11.5 Å². The molecule has 2 aliphatic rings. The molecule has 4 nitrogen and oxygen atoms in total. The zero-order valence-corrected chi connectivity index (χ0v) is 16.9. The van der Waals surface area contributed by atoms with Crippen molar-refractivity contribution in [2.24, 2.45) is 17.8 Å². The number of nitrogens with one attached hydrogen (secondary N) is 1. The van der Waals surface area contributed by atoms with E-state index in [-0.39, 0.29) is 11.5 Å². The van der Waals surface area contributed by atoms with E-state index in [0.29, 0.717) is 36.4 Å². The second-order valence-corrected chi connectivity index (χ2v) is 8.21. The van der Waals surface area contributed by atoms with Gasteiger partial charge in [0.2, 0.25) is 0 Å². The third kappa shape index (κ3) is 6.29. The van der Waals surface area contributed by atoms with Gasteiger partial charge in [-0.25, -0.2) is 0 Å². The number of hydrogen-bond donors (Lipinski definition) is 1. The van der Waals surface area contributed by atoms with Crippen LogP contribution in [-0.2, 0) is 13.1 Å². The maximum atomic E-state index is 12.4. The summed E-state index contributed by atoms with van der Waals surface area (Å²) in [5.41, 5.74) is 1.48. The van der Waals surface area contributed by atoms with Gasteiger partial charge in [-0.2, -0.15) is 0 Å². The molecule has 0 radical (unpaired) electrons. The fourth-order valence-corrected chi connectivity index (χ4v) is 4.50. The number of alkyl halides is 6. The van der Waals surface area contributed by atoms with Crippen LogP contribution in [0.15, 0.2) is 48.5 Å². The zero-order valence-electron chi connectivity index (χ0n) is 16.9. The highest BCUT2D eigenvalue weighted by atomic mass is 19.4. The normalized spacial score (nSPS) is 23.1. The first-order chi connectivity index (χ1) is 15.1. The van der Waals surface area contributed by atoms with E-state index in [1.54, 1.807) is 18.2 Å². The van der Waals surface area contributed by atoms with Crippen LogP contribution in [0.3, 0.4) is 0 Å². The molecule has 1 saturated carbocycles. The molecule has 1 saturated heterocycles. The molecule has 4 rings (SSSR count). The van der Waals surface area contributed by atoms with Gasteiger partial charge in [0, 0.05) is 26.2 Å². The maximum absolute atomic E-state index is 12.4. The number of rotatable bonds is 8. The average molecular weight is 460 g/mol. The molecule has 174 valence electrons. The van der Waals surface area contributed by atoms with Crippen LogP contribution in [0.4, 0.5) is 26.3 Å². The van der Waals surface area contributed by atoms with Crippen molar-refractivity contribution < 1.29 is 35.8 Å². The molecule has 2 atom stereocenters. The van der Waals surface area contributed by atoms with E-state index in [1.807, 2.05) is 0 Å². The highest BCUT2D eigenvalue weighted by molar-refractivity contribution is 5.29. The monoisotopic (exact) mass is 460 g/mol. The lowest BCUT2D eigenvalue weighted by atomic mass is 10.2. The first kappa shape index (κ1) is 22.7. The molecular weight excluding hydrogens is 438 g/mol. The van der Waals surface area contributed by atoms with E-state index in [9.17, 15) is 26.3 Å². The SMILES string of the molecule is FC(F)(F)Oc1cccc(CNCC2C3CN(Cc4cccc(OC(F)(F)F)c4)CC23)c1. The summed E-state index contributed by atoms with van der Waals surface area (Å²) in [5, 5.41) is 3.30. The summed E-state index contributed by atoms with van der Waals surface area (Å²) >= 11 is 0. The van der Waals surface area contributed by atoms with Gasteiger partial charge in [0.25, 0.3) is 0 Å². The van der Waals surface area contributed by atoms with Crippen LogP contribution in [0.5, 0.6) is 11.5 Å². The van der Waals surface area contributed by atoms with Crippen molar-refractivity contribution in [1.29, 1.82) is 0 Å². The predicted octanol–water partition coefficient (Wildman–Crippen LogP) is 4.95. The number of halogens is 6. The van der Waals surface area contributed by atoms with Crippen LogP contribution in [0.1, 0.15) is 11.1 Å². The molecule has 0 spiro atoms. The van der Waals surface area contributed by atoms with Gasteiger partial charge in [0.15, 0.2) is 0 Å². The second-order valence-electron chi connectivity index (χ2n) is 8.21. The van der Waals surface area contributed by atoms with Gasteiger partial charge < -0.3 is 14.8 Å². The topological polar surface area (TPSA) is 33.7 Å². The molecule has 0 aromatic heterocycles. The van der Waals surface area contributed by atoms with Gasteiger partial charge in [-0.15, -0.1) is 26.3 Å². The largest absolute Gasteiger partial charge is 0.573 e. The summed E-state index contributed by atoms with van der Waals surface area (Å²) in [5.74, 6) is 1.10. The zero-order chi connectivity index (χ0) is 22.9. The Bertz CT molecular complexity index is 914. The summed E-state index contributed by atoms with van der Waals surface area (Å²) in [7, 11) is 0. The lowest BCUT2D eigenvalue weighted by Gasteiger charge is -2.20. The van der Waals surface area contributed by atoms with Gasteiger partial charge in [-0.3, -0.25) is 4.90 Å². The molecule has 32 heavy (non-hydrogen) atoms. The Hall–Kier alpha value is -2.46. The summed E-state index contributed by atoms with van der Waals surface area (Å²) in [4.78, 5) is 2.22. The minimum Gasteiger partial charge on any atom is -0.406 e. The molecule has 1 aliphatic heterocycles. The van der Waals surface area contributed by atoms with Crippen LogP contribution in [0, 0.1) is 17.8 Å². The van der Waals surface area contributed by atoms with E-state index in [4.69, 9.17) is 0 Å². The molecule has 2 unspecified atom stereocenters. The smallest absolute Gasteiger partial charge is 0.406 e. The van der Waals surface area contributed by atoms with Gasteiger partial charge in [-0.05, 0) is 59.7 Å². The van der Waals surface area contributed by atoms with E-state index >= 15 is 0 Å². The van der Waals surface area contributed by atoms with Gasteiger partial charge in [0.05, 0.1) is 0 Å². The minimum absolute atomic E-state index is 0.217. The fourth-order valence-electron chi connectivity index (χ4n) is 4.50. The van der Waals surface area contributed by atoms with Crippen LogP contribution in [0.2, 0.25) is 0 Å². The third-order valence-electron chi connectivity index (χ3n) is 5.83. The highest BCUT2D eigenvalue weighted by Crippen LogP contribution is 2.51. The van der Waals surface area contributed by atoms with Crippen LogP contribution in [0.25, 0.3) is 0 Å². The molecule has 2 aromatic carbocycles. The molecule has 1 aliphatic carbocycles. The van der Waals surface area contributed by atoms with E-state index in [2.05, 4.69) is 19.7 Å². The number of fused-ring (bicyclic) bond motifs is 1. The van der Waals surface area contributed by atoms with Crippen LogP contribution < -0.4 is 14.8 Å². The summed E-state index contributed by atoms with van der Waals surface area (Å²) in [6, 6.07) is 11.9. The maximum Gasteiger partial charge on any atom is 0.573 e. The van der Waals surface area contributed by atoms with Crippen molar-refractivity contribution in [2.75, 3.05) is 19.6 Å². The predicted molar refractivity (Wildman–Crippen MR) is 104 cm³/mol. The number of hydrogen-bond acceptors (Lipinski definition) is 4. The number of ether oxygens (including phenoxy) is 2. The fraction of sp³-hybridized carbons (Fsp3) is 0.455. The van der Waals surface area contributed by atoms with Gasteiger partial charge in [-0.1, -0.05) is 24.3 Å². The standard InChI is InChI=1S/C22H22F6N2O2/c23-21(24,25)31-16-5-1-3-14(7-16)9-29-10-18-19-12-30(13-20(18)19)11-15-4-2-6-17(8-15)32-22(26,27)28/h1-8,18-20,29H,9-13H2. The summed E-state index contributed by atoms with van der Waals surface area (Å²) in [6.07, 6.45) is -9.42. The van der Waals surface area contributed by atoms with Crippen molar-refractivity contribution in [3.8, 4) is 11.5 Å². The molecule has 2 aromatic rings. The summed E-state index contributed by atoms with van der Waals surface area (Å²) in [6.45, 7) is 3.52. The molecule has 2 fully saturated rings. The number of benzene rings is 2. The molecule has 1 heterocycles. The first-order valence-corrected chi connectivity index (χ1v) is 10.2. The van der Waals surface area contributed by atoms with E-state index in [0.717, 1.165) is 25.2 Å². The first-order valence-electron chi connectivity index (χ1n) is 10.2. The Morgan fingerprint density at radius 1 is 0.812 bits per heavy atom. The molecular formula is C22H22F6N2O2. The lowest BCUT2D eigenvalue weighted by Crippen LogP contribution is -2.27. The van der Waals surface area contributed by atoms with Crippen molar-refractivity contribution in [3.63, 3.8) is 0 Å². The van der Waals surface area contributed by atoms with Crippen molar-refractivity contribution >= 4 is 0 Å². The second kappa shape index (κ2) is 8.82. The minimum atomic E-state index is -4.71. The van der Waals surface area contributed by atoms with Crippen molar-refractivity contribution in [2.45, 2.75) is 25.8 Å². The molecule has 10 heteroatoms. The Labute approximate surface area is 181 Å². The van der Waals surface area contributed by atoms with E-state index in [1.165, 1.54) is 30.3 Å². The quantitative estimate of drug-likeness (QED) is 0.566.